The number of aromatic nitrogens is 3. The summed E-state index contributed by atoms with van der Waals surface area (Å²) in [6, 6.07) is 8.00. The summed E-state index contributed by atoms with van der Waals surface area (Å²) in [5, 5.41) is 3.03. The van der Waals surface area contributed by atoms with Gasteiger partial charge in [-0.2, -0.15) is 11.8 Å². The van der Waals surface area contributed by atoms with Crippen molar-refractivity contribution in [1.82, 2.24) is 25.2 Å². The molecular weight excluding hydrogens is 455 g/mol. The smallest absolute Gasteiger partial charge is 0.289 e. The zero-order valence-corrected chi connectivity index (χ0v) is 20.2. The molecule has 1 amide bonds. The van der Waals surface area contributed by atoms with Crippen LogP contribution in [0.25, 0.3) is 11.5 Å². The Morgan fingerprint density at radius 1 is 1.18 bits per heavy atom. The van der Waals surface area contributed by atoms with Gasteiger partial charge < -0.3 is 14.6 Å². The Bertz CT molecular complexity index is 1090. The predicted octanol–water partition coefficient (Wildman–Crippen LogP) is 3.12. The van der Waals surface area contributed by atoms with Gasteiger partial charge in [0.25, 0.3) is 5.91 Å². The van der Waals surface area contributed by atoms with Gasteiger partial charge in [0.15, 0.2) is 0 Å². The number of anilines is 1. The number of hydrogen-bond acceptors (Lipinski definition) is 8. The van der Waals surface area contributed by atoms with Crippen LogP contribution in [-0.2, 0) is 6.42 Å². The van der Waals surface area contributed by atoms with Crippen LogP contribution in [-0.4, -0.2) is 76.5 Å². The van der Waals surface area contributed by atoms with E-state index in [1.807, 2.05) is 19.2 Å². The molecule has 1 aromatic carbocycles. The van der Waals surface area contributed by atoms with E-state index in [0.29, 0.717) is 18.7 Å². The second-order valence-electron chi connectivity index (χ2n) is 8.23. The molecule has 1 aliphatic heterocycles. The lowest BCUT2D eigenvalue weighted by Crippen LogP contribution is -2.51. The minimum atomic E-state index is -0.430. The van der Waals surface area contributed by atoms with Crippen molar-refractivity contribution in [2.45, 2.75) is 19.4 Å². The molecule has 0 spiro atoms. The van der Waals surface area contributed by atoms with Gasteiger partial charge in [0, 0.05) is 57.6 Å². The molecule has 1 fully saturated rings. The molecule has 8 nitrogen and oxygen atoms in total. The normalized spacial score (nSPS) is 15.3. The van der Waals surface area contributed by atoms with Crippen molar-refractivity contribution >= 4 is 23.6 Å². The summed E-state index contributed by atoms with van der Waals surface area (Å²) in [5.74, 6) is 1.07. The van der Waals surface area contributed by atoms with Gasteiger partial charge in [-0.25, -0.2) is 19.3 Å². The summed E-state index contributed by atoms with van der Waals surface area (Å²) in [6.45, 7) is 6.06. The lowest BCUT2D eigenvalue weighted by Gasteiger charge is -2.35. The molecule has 0 aliphatic carbocycles. The summed E-state index contributed by atoms with van der Waals surface area (Å²) in [6.07, 6.45) is 6.06. The van der Waals surface area contributed by atoms with Crippen LogP contribution in [0.2, 0.25) is 0 Å². The Labute approximate surface area is 203 Å². The number of benzene rings is 1. The van der Waals surface area contributed by atoms with E-state index >= 15 is 0 Å². The number of aryl methyl sites for hydroxylation is 1. The Morgan fingerprint density at radius 3 is 2.62 bits per heavy atom. The molecule has 1 saturated heterocycles. The van der Waals surface area contributed by atoms with Crippen LogP contribution in [0.3, 0.4) is 0 Å². The number of oxazole rings is 1. The molecule has 0 saturated carbocycles. The third-order valence-corrected chi connectivity index (χ3v) is 6.28. The Balaban J connectivity index is 1.37. The molecule has 1 atom stereocenters. The molecule has 10 heteroatoms. The quantitative estimate of drug-likeness (QED) is 0.496. The SMILES string of the molecule is CSCCc1nc(-c2ccccc2F)oc1C(=O)NC(C)CN1CCN(c2ncccn2)CC1. The topological polar surface area (TPSA) is 87.4 Å². The molecule has 180 valence electrons. The Kier molecular flexibility index (Phi) is 8.12. The van der Waals surface area contributed by atoms with Crippen LogP contribution in [0.15, 0.2) is 47.1 Å². The number of carbonyl (C=O) groups excluding carboxylic acids is 1. The summed E-state index contributed by atoms with van der Waals surface area (Å²) >= 11 is 1.65. The van der Waals surface area contributed by atoms with Gasteiger partial charge in [-0.3, -0.25) is 9.69 Å². The monoisotopic (exact) mass is 484 g/mol. The molecular formula is C24H29FN6O2S. The molecule has 1 N–H and O–H groups in total. The van der Waals surface area contributed by atoms with Crippen molar-refractivity contribution in [1.29, 1.82) is 0 Å². The molecule has 1 aliphatic rings. The number of nitrogens with zero attached hydrogens (tertiary/aromatic N) is 5. The fourth-order valence-electron chi connectivity index (χ4n) is 3.95. The van der Waals surface area contributed by atoms with Gasteiger partial charge in [0.05, 0.1) is 11.3 Å². The van der Waals surface area contributed by atoms with Crippen LogP contribution in [0.1, 0.15) is 23.2 Å². The third-order valence-electron chi connectivity index (χ3n) is 5.67. The van der Waals surface area contributed by atoms with Crippen LogP contribution in [0, 0.1) is 5.82 Å². The highest BCUT2D eigenvalue weighted by Crippen LogP contribution is 2.25. The van der Waals surface area contributed by atoms with Crippen molar-refractivity contribution in [2.24, 2.45) is 0 Å². The fraction of sp³-hybridized carbons (Fsp3) is 0.417. The van der Waals surface area contributed by atoms with Gasteiger partial charge in [-0.1, -0.05) is 12.1 Å². The molecule has 4 rings (SSSR count). The second-order valence-corrected chi connectivity index (χ2v) is 9.21. The van der Waals surface area contributed by atoms with Crippen LogP contribution < -0.4 is 10.2 Å². The second kappa shape index (κ2) is 11.4. The van der Waals surface area contributed by atoms with Crippen molar-refractivity contribution in [3.63, 3.8) is 0 Å². The number of piperazine rings is 1. The zero-order valence-electron chi connectivity index (χ0n) is 19.4. The zero-order chi connectivity index (χ0) is 23.9. The van der Waals surface area contributed by atoms with Crippen LogP contribution >= 0.6 is 11.8 Å². The first-order valence-corrected chi connectivity index (χ1v) is 12.7. The molecule has 2 aromatic heterocycles. The molecule has 1 unspecified atom stereocenters. The molecule has 0 bridgehead atoms. The molecule has 3 heterocycles. The molecule has 0 radical (unpaired) electrons. The Hall–Kier alpha value is -2.98. The number of rotatable bonds is 9. The van der Waals surface area contributed by atoms with E-state index < -0.39 is 5.82 Å². The average molecular weight is 485 g/mol. The van der Waals surface area contributed by atoms with Crippen molar-refractivity contribution < 1.29 is 13.6 Å². The average Bonchev–Trinajstić information content (AvgIpc) is 3.28. The number of thioether (sulfide) groups is 1. The highest BCUT2D eigenvalue weighted by molar-refractivity contribution is 7.98. The number of amides is 1. The van der Waals surface area contributed by atoms with Crippen molar-refractivity contribution in [3.05, 3.63) is 60.0 Å². The number of halogens is 1. The van der Waals surface area contributed by atoms with Crippen molar-refractivity contribution in [2.75, 3.05) is 49.6 Å². The first-order valence-electron chi connectivity index (χ1n) is 11.3. The summed E-state index contributed by atoms with van der Waals surface area (Å²) < 4.78 is 20.0. The summed E-state index contributed by atoms with van der Waals surface area (Å²) in [4.78, 5) is 30.6. The largest absolute Gasteiger partial charge is 0.431 e. The summed E-state index contributed by atoms with van der Waals surface area (Å²) in [7, 11) is 0. The first-order chi connectivity index (χ1) is 16.5. The highest BCUT2D eigenvalue weighted by atomic mass is 32.2. The number of carbonyl (C=O) groups is 1. The molecule has 34 heavy (non-hydrogen) atoms. The van der Waals surface area contributed by atoms with E-state index in [9.17, 15) is 9.18 Å². The van der Waals surface area contributed by atoms with Gasteiger partial charge in [-0.05, 0) is 37.1 Å². The van der Waals surface area contributed by atoms with E-state index in [1.54, 1.807) is 42.4 Å². The van der Waals surface area contributed by atoms with Crippen molar-refractivity contribution in [3.8, 4) is 11.5 Å². The minimum Gasteiger partial charge on any atom is -0.431 e. The third kappa shape index (κ3) is 5.92. The number of hydrogen-bond donors (Lipinski definition) is 1. The van der Waals surface area contributed by atoms with E-state index in [2.05, 4.69) is 30.1 Å². The molecule has 3 aromatic rings. The standard InChI is InChI=1S/C24H29FN6O2S/c1-17(16-30-11-13-31(14-12-30)24-26-9-5-10-27-24)28-22(32)21-20(8-15-34-2)29-23(33-21)18-6-3-4-7-19(18)25/h3-7,9-10,17H,8,11-16H2,1-2H3,(H,28,32). The maximum atomic E-state index is 14.3. The minimum absolute atomic E-state index is 0.0950. The lowest BCUT2D eigenvalue weighted by molar-refractivity contribution is 0.0899. The highest BCUT2D eigenvalue weighted by Gasteiger charge is 2.25. The fourth-order valence-corrected chi connectivity index (χ4v) is 4.35. The summed E-state index contributed by atoms with van der Waals surface area (Å²) in [5.41, 5.74) is 0.800. The van der Waals surface area contributed by atoms with Gasteiger partial charge in [0.1, 0.15) is 5.82 Å². The van der Waals surface area contributed by atoms with E-state index in [4.69, 9.17) is 4.42 Å². The van der Waals surface area contributed by atoms with E-state index in [1.165, 1.54) is 6.07 Å². The van der Waals surface area contributed by atoms with Gasteiger partial charge >= 0.3 is 0 Å². The maximum absolute atomic E-state index is 14.3. The maximum Gasteiger partial charge on any atom is 0.289 e. The lowest BCUT2D eigenvalue weighted by atomic mass is 10.2. The van der Waals surface area contributed by atoms with Gasteiger partial charge in [-0.15, -0.1) is 0 Å². The van der Waals surface area contributed by atoms with Gasteiger partial charge in [0.2, 0.25) is 17.6 Å². The van der Waals surface area contributed by atoms with E-state index in [0.717, 1.165) is 37.9 Å². The first kappa shape index (κ1) is 24.2. The van der Waals surface area contributed by atoms with E-state index in [-0.39, 0.29) is 29.2 Å². The predicted molar refractivity (Wildman–Crippen MR) is 132 cm³/mol. The van der Waals surface area contributed by atoms with Crippen LogP contribution in [0.5, 0.6) is 0 Å². The van der Waals surface area contributed by atoms with Crippen LogP contribution in [0.4, 0.5) is 10.3 Å². The Morgan fingerprint density at radius 2 is 1.91 bits per heavy atom. The number of nitrogens with one attached hydrogen (secondary N) is 1.